The van der Waals surface area contributed by atoms with Crippen molar-refractivity contribution in [2.24, 2.45) is 0 Å². The van der Waals surface area contributed by atoms with Gasteiger partial charge in [-0.3, -0.25) is 9.59 Å². The number of anilines is 2. The first-order valence-corrected chi connectivity index (χ1v) is 17.7. The Morgan fingerprint density at radius 1 is 1.10 bits per heavy atom. The minimum Gasteiger partial charge on any atom is -0.462 e. The molecule has 0 unspecified atom stereocenters. The molecule has 3 aliphatic heterocycles. The van der Waals surface area contributed by atoms with Crippen LogP contribution in [0.2, 0.25) is 5.02 Å². The first-order valence-electron chi connectivity index (χ1n) is 17.3. The topological polar surface area (TPSA) is 136 Å². The van der Waals surface area contributed by atoms with E-state index in [4.69, 9.17) is 26.3 Å². The Bertz CT molecular complexity index is 2000. The summed E-state index contributed by atoms with van der Waals surface area (Å²) >= 11 is 6.73. The van der Waals surface area contributed by atoms with Crippen molar-refractivity contribution in [2.45, 2.75) is 44.3 Å². The van der Waals surface area contributed by atoms with E-state index in [-0.39, 0.29) is 30.0 Å². The van der Waals surface area contributed by atoms with Crippen LogP contribution >= 0.6 is 11.6 Å². The van der Waals surface area contributed by atoms with Crippen molar-refractivity contribution < 1.29 is 14.3 Å². The van der Waals surface area contributed by atoms with Gasteiger partial charge in [-0.15, -0.1) is 0 Å². The Morgan fingerprint density at radius 3 is 2.73 bits per heavy atom. The average molecular weight is 709 g/mol. The first kappa shape index (κ1) is 34.3. The summed E-state index contributed by atoms with van der Waals surface area (Å²) in [6.45, 7) is 4.25. The molecule has 0 bridgehead atoms. The maximum atomic E-state index is 13.4. The number of amides is 2. The van der Waals surface area contributed by atoms with E-state index in [1.54, 1.807) is 21.9 Å². The predicted molar refractivity (Wildman–Crippen MR) is 196 cm³/mol. The number of ether oxygens (including phenoxy) is 1. The fourth-order valence-electron chi connectivity index (χ4n) is 7.35. The molecule has 5 heterocycles. The van der Waals surface area contributed by atoms with Gasteiger partial charge in [-0.1, -0.05) is 35.9 Å². The van der Waals surface area contributed by atoms with Crippen LogP contribution in [0.5, 0.6) is 6.01 Å². The van der Waals surface area contributed by atoms with Crippen LogP contribution in [0.15, 0.2) is 55.0 Å². The van der Waals surface area contributed by atoms with Gasteiger partial charge in [0.1, 0.15) is 18.1 Å². The van der Waals surface area contributed by atoms with E-state index in [0.29, 0.717) is 56.3 Å². The normalized spacial score (nSPS) is 19.4. The number of halogens is 1. The highest BCUT2D eigenvalue weighted by atomic mass is 35.5. The lowest BCUT2D eigenvalue weighted by atomic mass is 10.0. The highest BCUT2D eigenvalue weighted by Crippen LogP contribution is 2.37. The van der Waals surface area contributed by atoms with Crippen molar-refractivity contribution in [2.75, 3.05) is 63.2 Å². The van der Waals surface area contributed by atoms with Crippen molar-refractivity contribution >= 4 is 51.9 Å². The highest BCUT2D eigenvalue weighted by molar-refractivity contribution is 6.36. The summed E-state index contributed by atoms with van der Waals surface area (Å²) in [5.41, 5.74) is 3.28. The summed E-state index contributed by atoms with van der Waals surface area (Å²) in [6, 6.07) is 14.8. The van der Waals surface area contributed by atoms with Gasteiger partial charge in [0.15, 0.2) is 0 Å². The maximum Gasteiger partial charge on any atom is 0.318 e. The fourth-order valence-corrected chi connectivity index (χ4v) is 7.63. The summed E-state index contributed by atoms with van der Waals surface area (Å²) in [6.07, 6.45) is 9.12. The number of hydrogen-bond acceptors (Lipinski definition) is 10. The molecule has 2 saturated heterocycles. The van der Waals surface area contributed by atoms with Crippen LogP contribution in [0.4, 0.5) is 11.5 Å². The standard InChI is InChI=1S/C37H41ClN10O3/c1-40-36(50)31-21-45(24-41-31)16-13-33(49)48-19-18-47(20-26(48)11-14-39)35-28-12-17-46(32-10-4-7-25-6-3-9-29(38)34(25)32)22-30(28)42-37(43-35)51-23-27-8-5-15-44(27)2/h3-4,6-7,9-10,13,16,21,24,26-27H,5,8,11-12,15,17-20,22-23H2,1-2H3,(H,40,50)/b16-13+/t26-,27-/m0/s1. The molecule has 2 aromatic carbocycles. The molecule has 0 radical (unpaired) electrons. The van der Waals surface area contributed by atoms with Crippen LogP contribution in [-0.2, 0) is 17.8 Å². The monoisotopic (exact) mass is 708 g/mol. The number of fused-ring (bicyclic) bond motifs is 2. The molecule has 51 heavy (non-hydrogen) atoms. The predicted octanol–water partition coefficient (Wildman–Crippen LogP) is 3.98. The minimum absolute atomic E-state index is 0.169. The molecule has 264 valence electrons. The Morgan fingerprint density at radius 2 is 1.94 bits per heavy atom. The Kier molecular flexibility index (Phi) is 10.1. The Balaban J connectivity index is 1.15. The Hall–Kier alpha value is -5.19. The van der Waals surface area contributed by atoms with E-state index in [1.165, 1.54) is 19.5 Å². The molecule has 2 aromatic heterocycles. The number of carbonyl (C=O) groups is 2. The third kappa shape index (κ3) is 7.20. The molecule has 0 aliphatic carbocycles. The van der Waals surface area contributed by atoms with E-state index in [0.717, 1.165) is 59.5 Å². The Labute approximate surface area is 302 Å². The lowest BCUT2D eigenvalue weighted by Crippen LogP contribution is -2.55. The van der Waals surface area contributed by atoms with E-state index in [2.05, 4.69) is 62.4 Å². The molecule has 4 aromatic rings. The van der Waals surface area contributed by atoms with E-state index in [1.807, 2.05) is 12.1 Å². The quantitative estimate of drug-likeness (QED) is 0.255. The lowest BCUT2D eigenvalue weighted by molar-refractivity contribution is -0.128. The second kappa shape index (κ2) is 15.0. The number of nitriles is 1. The summed E-state index contributed by atoms with van der Waals surface area (Å²) in [4.78, 5) is 48.0. The molecule has 2 amide bonds. The van der Waals surface area contributed by atoms with Gasteiger partial charge in [-0.2, -0.15) is 15.2 Å². The summed E-state index contributed by atoms with van der Waals surface area (Å²) < 4.78 is 7.89. The molecule has 13 nitrogen and oxygen atoms in total. The fraction of sp³-hybridized carbons (Fsp3) is 0.405. The van der Waals surface area contributed by atoms with E-state index >= 15 is 0 Å². The number of piperazine rings is 1. The van der Waals surface area contributed by atoms with Gasteiger partial charge >= 0.3 is 6.01 Å². The van der Waals surface area contributed by atoms with Crippen molar-refractivity contribution in [1.29, 1.82) is 5.26 Å². The SMILES string of the molecule is CNC(=O)c1cn(/C=C/C(=O)N2CCN(c3nc(OC[C@@H]4CCCN4C)nc4c3CCN(c3cccc5cccc(Cl)c35)C4)C[C@@H]2CC#N)cn1. The molecule has 0 saturated carbocycles. The van der Waals surface area contributed by atoms with Crippen molar-refractivity contribution in [1.82, 2.24) is 34.6 Å². The van der Waals surface area contributed by atoms with Crippen molar-refractivity contribution in [3.63, 3.8) is 0 Å². The summed E-state index contributed by atoms with van der Waals surface area (Å²) in [7, 11) is 3.66. The zero-order valence-corrected chi connectivity index (χ0v) is 29.6. The van der Waals surface area contributed by atoms with Crippen LogP contribution in [0.1, 0.15) is 41.0 Å². The molecule has 7 rings (SSSR count). The molecule has 1 N–H and O–H groups in total. The second-order valence-electron chi connectivity index (χ2n) is 13.2. The molecule has 0 spiro atoms. The molecule has 2 fully saturated rings. The number of carbonyl (C=O) groups excluding carboxylic acids is 2. The number of nitrogens with one attached hydrogen (secondary N) is 1. The average Bonchev–Trinajstić information content (AvgIpc) is 3.80. The third-order valence-electron chi connectivity index (χ3n) is 10.1. The molecular formula is C37H41ClN10O3. The first-order chi connectivity index (χ1) is 24.8. The number of aromatic nitrogens is 4. The van der Waals surface area contributed by atoms with Gasteiger partial charge in [0.25, 0.3) is 5.91 Å². The van der Waals surface area contributed by atoms with Gasteiger partial charge in [-0.05, 0) is 50.4 Å². The van der Waals surface area contributed by atoms with Crippen LogP contribution in [0.25, 0.3) is 17.0 Å². The molecular weight excluding hydrogens is 668 g/mol. The summed E-state index contributed by atoms with van der Waals surface area (Å²) in [5, 5.41) is 15.1. The highest BCUT2D eigenvalue weighted by Gasteiger charge is 2.34. The number of imidazole rings is 1. The molecule has 3 aliphatic rings. The molecule has 14 heteroatoms. The van der Waals surface area contributed by atoms with Gasteiger partial charge in [-0.25, -0.2) is 4.98 Å². The summed E-state index contributed by atoms with van der Waals surface area (Å²) in [5.74, 6) is 0.274. The van der Waals surface area contributed by atoms with Gasteiger partial charge in [0, 0.05) is 74.4 Å². The number of likely N-dealkylation sites (N-methyl/N-ethyl adjacent to an activating group) is 1. The van der Waals surface area contributed by atoms with Crippen LogP contribution < -0.4 is 19.9 Å². The number of rotatable bonds is 9. The van der Waals surface area contributed by atoms with Crippen molar-refractivity contribution in [3.05, 3.63) is 77.0 Å². The van der Waals surface area contributed by atoms with Gasteiger partial charge < -0.3 is 34.2 Å². The second-order valence-corrected chi connectivity index (χ2v) is 13.6. The van der Waals surface area contributed by atoms with Crippen LogP contribution in [-0.4, -0.2) is 107 Å². The zero-order chi connectivity index (χ0) is 35.5. The van der Waals surface area contributed by atoms with Crippen LogP contribution in [0, 0.1) is 11.3 Å². The number of nitrogens with zero attached hydrogens (tertiary/aromatic N) is 9. The molecule has 2 atom stereocenters. The number of benzene rings is 2. The lowest BCUT2D eigenvalue weighted by Gasteiger charge is -2.42. The van der Waals surface area contributed by atoms with E-state index < -0.39 is 0 Å². The smallest absolute Gasteiger partial charge is 0.318 e. The maximum absolute atomic E-state index is 13.4. The number of hydrogen-bond donors (Lipinski definition) is 1. The van der Waals surface area contributed by atoms with Gasteiger partial charge in [0.2, 0.25) is 5.91 Å². The largest absolute Gasteiger partial charge is 0.462 e. The van der Waals surface area contributed by atoms with Crippen LogP contribution in [0.3, 0.4) is 0 Å². The van der Waals surface area contributed by atoms with Crippen molar-refractivity contribution in [3.8, 4) is 12.1 Å². The number of likely N-dealkylation sites (tertiary alicyclic amines) is 1. The van der Waals surface area contributed by atoms with Gasteiger partial charge in [0.05, 0.1) is 42.1 Å². The zero-order valence-electron chi connectivity index (χ0n) is 28.8. The third-order valence-corrected chi connectivity index (χ3v) is 10.4. The van der Waals surface area contributed by atoms with E-state index in [9.17, 15) is 14.9 Å². The minimum atomic E-state index is -0.356.